The summed E-state index contributed by atoms with van der Waals surface area (Å²) in [5.41, 5.74) is 1.12. The Morgan fingerprint density at radius 3 is 2.50 bits per heavy atom. The van der Waals surface area contributed by atoms with Gasteiger partial charge in [-0.2, -0.15) is 0 Å². The van der Waals surface area contributed by atoms with Gasteiger partial charge in [0.15, 0.2) is 0 Å². The molecule has 1 atom stereocenters. The standard InChI is InChI=1S/C14H18O2/c1-4-11(2)5-6-13-7-9-14(10-8-13)16-12(3)15/h5-11H,4H2,1-3H3/b6-5+. The maximum atomic E-state index is 10.7. The Morgan fingerprint density at radius 2 is 2.00 bits per heavy atom. The predicted molar refractivity (Wildman–Crippen MR) is 66.2 cm³/mol. The van der Waals surface area contributed by atoms with Gasteiger partial charge in [0.05, 0.1) is 0 Å². The van der Waals surface area contributed by atoms with E-state index in [4.69, 9.17) is 4.74 Å². The number of rotatable bonds is 4. The van der Waals surface area contributed by atoms with Crippen molar-refractivity contribution in [1.29, 1.82) is 0 Å². The molecule has 0 bridgehead atoms. The summed E-state index contributed by atoms with van der Waals surface area (Å²) in [5, 5.41) is 0. The van der Waals surface area contributed by atoms with Crippen molar-refractivity contribution in [1.82, 2.24) is 0 Å². The SMILES string of the molecule is CCC(C)/C=C/c1ccc(OC(C)=O)cc1. The Bertz CT molecular complexity index is 363. The van der Waals surface area contributed by atoms with Gasteiger partial charge in [-0.05, 0) is 23.6 Å². The van der Waals surface area contributed by atoms with E-state index in [0.717, 1.165) is 12.0 Å². The summed E-state index contributed by atoms with van der Waals surface area (Å²) in [7, 11) is 0. The first-order chi connectivity index (χ1) is 7.61. The molecule has 0 fully saturated rings. The van der Waals surface area contributed by atoms with Crippen LogP contribution in [0.15, 0.2) is 30.3 Å². The maximum absolute atomic E-state index is 10.7. The molecule has 0 heterocycles. The summed E-state index contributed by atoms with van der Waals surface area (Å²) in [6.07, 6.45) is 5.41. The van der Waals surface area contributed by atoms with E-state index in [1.54, 1.807) is 12.1 Å². The summed E-state index contributed by atoms with van der Waals surface area (Å²) < 4.78 is 4.95. The molecule has 0 N–H and O–H groups in total. The smallest absolute Gasteiger partial charge is 0.308 e. The lowest BCUT2D eigenvalue weighted by molar-refractivity contribution is -0.131. The lowest BCUT2D eigenvalue weighted by Crippen LogP contribution is -2.00. The van der Waals surface area contributed by atoms with Gasteiger partial charge < -0.3 is 4.74 Å². The van der Waals surface area contributed by atoms with Crippen LogP contribution in [0.5, 0.6) is 5.75 Å². The van der Waals surface area contributed by atoms with Crippen molar-refractivity contribution in [2.45, 2.75) is 27.2 Å². The van der Waals surface area contributed by atoms with Crippen LogP contribution in [0.2, 0.25) is 0 Å². The molecule has 1 unspecified atom stereocenters. The second-order valence-electron chi connectivity index (χ2n) is 3.91. The minimum absolute atomic E-state index is 0.289. The van der Waals surface area contributed by atoms with Crippen molar-refractivity contribution in [3.05, 3.63) is 35.9 Å². The number of hydrogen-bond acceptors (Lipinski definition) is 2. The lowest BCUT2D eigenvalue weighted by Gasteiger charge is -2.02. The number of esters is 1. The summed E-state index contributed by atoms with van der Waals surface area (Å²) in [5.74, 6) is 0.893. The molecule has 0 aliphatic rings. The number of benzene rings is 1. The van der Waals surface area contributed by atoms with E-state index < -0.39 is 0 Å². The zero-order chi connectivity index (χ0) is 12.0. The Hall–Kier alpha value is -1.57. The van der Waals surface area contributed by atoms with E-state index in [1.807, 2.05) is 12.1 Å². The van der Waals surface area contributed by atoms with Crippen LogP contribution in [0.4, 0.5) is 0 Å². The molecule has 0 aliphatic heterocycles. The number of carbonyl (C=O) groups is 1. The fourth-order valence-electron chi connectivity index (χ4n) is 1.22. The fraction of sp³-hybridized carbons (Fsp3) is 0.357. The fourth-order valence-corrected chi connectivity index (χ4v) is 1.22. The molecule has 0 radical (unpaired) electrons. The second kappa shape index (κ2) is 6.11. The van der Waals surface area contributed by atoms with Crippen LogP contribution in [0, 0.1) is 5.92 Å². The molecule has 1 aromatic carbocycles. The Balaban J connectivity index is 2.64. The van der Waals surface area contributed by atoms with Crippen LogP contribution in [0.3, 0.4) is 0 Å². The third-order valence-electron chi connectivity index (χ3n) is 2.40. The zero-order valence-corrected chi connectivity index (χ0v) is 10.1. The molecule has 0 saturated carbocycles. The van der Waals surface area contributed by atoms with Gasteiger partial charge in [0.25, 0.3) is 0 Å². The van der Waals surface area contributed by atoms with Crippen LogP contribution in [0.25, 0.3) is 6.08 Å². The third-order valence-corrected chi connectivity index (χ3v) is 2.40. The highest BCUT2D eigenvalue weighted by molar-refractivity contribution is 5.69. The quantitative estimate of drug-likeness (QED) is 0.569. The molecule has 86 valence electrons. The number of carbonyl (C=O) groups excluding carboxylic acids is 1. The van der Waals surface area contributed by atoms with E-state index in [-0.39, 0.29) is 5.97 Å². The van der Waals surface area contributed by atoms with E-state index in [1.165, 1.54) is 6.92 Å². The summed E-state index contributed by atoms with van der Waals surface area (Å²) in [4.78, 5) is 10.7. The predicted octanol–water partition coefficient (Wildman–Crippen LogP) is 3.67. The van der Waals surface area contributed by atoms with Crippen molar-refractivity contribution in [2.24, 2.45) is 5.92 Å². The highest BCUT2D eigenvalue weighted by Crippen LogP contribution is 2.14. The number of ether oxygens (including phenoxy) is 1. The first kappa shape index (κ1) is 12.5. The van der Waals surface area contributed by atoms with Crippen molar-refractivity contribution >= 4 is 12.0 Å². The molecule has 0 saturated heterocycles. The van der Waals surface area contributed by atoms with Crippen molar-refractivity contribution in [2.75, 3.05) is 0 Å². The minimum atomic E-state index is -0.289. The number of allylic oxidation sites excluding steroid dienone is 1. The van der Waals surface area contributed by atoms with Gasteiger partial charge in [-0.1, -0.05) is 44.6 Å². The summed E-state index contributed by atoms with van der Waals surface area (Å²) in [6, 6.07) is 7.49. The Labute approximate surface area is 96.9 Å². The molecule has 0 spiro atoms. The highest BCUT2D eigenvalue weighted by Gasteiger charge is 1.97. The molecule has 0 amide bonds. The maximum Gasteiger partial charge on any atom is 0.308 e. The third kappa shape index (κ3) is 4.30. The van der Waals surface area contributed by atoms with E-state index in [2.05, 4.69) is 26.0 Å². The van der Waals surface area contributed by atoms with E-state index in [9.17, 15) is 4.79 Å². The normalized spacial score (nSPS) is 12.7. The van der Waals surface area contributed by atoms with Crippen LogP contribution in [0.1, 0.15) is 32.8 Å². The topological polar surface area (TPSA) is 26.3 Å². The van der Waals surface area contributed by atoms with Crippen LogP contribution in [-0.2, 0) is 4.79 Å². The lowest BCUT2D eigenvalue weighted by atomic mass is 10.1. The monoisotopic (exact) mass is 218 g/mol. The largest absolute Gasteiger partial charge is 0.427 e. The van der Waals surface area contributed by atoms with Gasteiger partial charge in [-0.25, -0.2) is 0 Å². The molecule has 1 rings (SSSR count). The number of hydrogen-bond donors (Lipinski definition) is 0. The summed E-state index contributed by atoms with van der Waals surface area (Å²) >= 11 is 0. The van der Waals surface area contributed by atoms with Crippen molar-refractivity contribution in [3.8, 4) is 5.75 Å². The van der Waals surface area contributed by atoms with Gasteiger partial charge in [0.2, 0.25) is 0 Å². The Morgan fingerprint density at radius 1 is 1.38 bits per heavy atom. The van der Waals surface area contributed by atoms with Gasteiger partial charge in [-0.15, -0.1) is 0 Å². The molecule has 16 heavy (non-hydrogen) atoms. The van der Waals surface area contributed by atoms with Crippen LogP contribution in [-0.4, -0.2) is 5.97 Å². The molecule has 2 heteroatoms. The van der Waals surface area contributed by atoms with Crippen molar-refractivity contribution in [3.63, 3.8) is 0 Å². The molecular formula is C14H18O2. The first-order valence-electron chi connectivity index (χ1n) is 5.58. The van der Waals surface area contributed by atoms with Crippen LogP contribution >= 0.6 is 0 Å². The Kier molecular flexibility index (Phi) is 4.77. The first-order valence-corrected chi connectivity index (χ1v) is 5.58. The van der Waals surface area contributed by atoms with Gasteiger partial charge in [0.1, 0.15) is 5.75 Å². The van der Waals surface area contributed by atoms with E-state index >= 15 is 0 Å². The van der Waals surface area contributed by atoms with E-state index in [0.29, 0.717) is 11.7 Å². The van der Waals surface area contributed by atoms with Gasteiger partial charge >= 0.3 is 5.97 Å². The minimum Gasteiger partial charge on any atom is -0.427 e. The molecule has 1 aromatic rings. The van der Waals surface area contributed by atoms with Crippen molar-refractivity contribution < 1.29 is 9.53 Å². The van der Waals surface area contributed by atoms with Gasteiger partial charge in [0, 0.05) is 6.92 Å². The van der Waals surface area contributed by atoms with Gasteiger partial charge in [-0.3, -0.25) is 4.79 Å². The molecule has 0 aliphatic carbocycles. The highest BCUT2D eigenvalue weighted by atomic mass is 16.5. The molecular weight excluding hydrogens is 200 g/mol. The average molecular weight is 218 g/mol. The zero-order valence-electron chi connectivity index (χ0n) is 10.1. The molecule has 0 aromatic heterocycles. The van der Waals surface area contributed by atoms with Crippen LogP contribution < -0.4 is 4.74 Å². The summed E-state index contributed by atoms with van der Waals surface area (Å²) in [6.45, 7) is 5.75. The second-order valence-corrected chi connectivity index (χ2v) is 3.91. The molecule has 2 nitrogen and oxygen atoms in total. The average Bonchev–Trinajstić information content (AvgIpc) is 2.27.